The molecule has 1 saturated heterocycles. The van der Waals surface area contributed by atoms with Crippen LogP contribution in [0.4, 0.5) is 0 Å². The van der Waals surface area contributed by atoms with Crippen molar-refractivity contribution in [1.82, 2.24) is 9.80 Å². The molecule has 1 aromatic rings. The highest BCUT2D eigenvalue weighted by atomic mass is 16.5. The summed E-state index contributed by atoms with van der Waals surface area (Å²) in [6.45, 7) is 2.74. The molecular formula is C20H28N2O5. The summed E-state index contributed by atoms with van der Waals surface area (Å²) in [6, 6.07) is 9.82. The maximum absolute atomic E-state index is 12.4. The van der Waals surface area contributed by atoms with Gasteiger partial charge in [-0.25, -0.2) is 0 Å². The van der Waals surface area contributed by atoms with Gasteiger partial charge in [0.05, 0.1) is 6.61 Å². The molecule has 0 spiro atoms. The van der Waals surface area contributed by atoms with E-state index in [2.05, 4.69) is 0 Å². The van der Waals surface area contributed by atoms with Crippen molar-refractivity contribution in [2.45, 2.75) is 38.6 Å². The molecule has 1 aliphatic rings. The zero-order valence-electron chi connectivity index (χ0n) is 15.8. The Balaban J connectivity index is 1.76. The third-order valence-corrected chi connectivity index (χ3v) is 4.80. The van der Waals surface area contributed by atoms with E-state index in [1.165, 1.54) is 17.4 Å². The van der Waals surface area contributed by atoms with E-state index in [1.807, 2.05) is 30.3 Å². The molecular weight excluding hydrogens is 348 g/mol. The molecule has 0 aliphatic carbocycles. The van der Waals surface area contributed by atoms with Gasteiger partial charge in [0.2, 0.25) is 11.8 Å². The fraction of sp³-hybridized carbons (Fsp3) is 0.550. The molecule has 1 fully saturated rings. The lowest BCUT2D eigenvalue weighted by Gasteiger charge is -2.28. The van der Waals surface area contributed by atoms with Gasteiger partial charge in [-0.3, -0.25) is 14.4 Å². The molecule has 7 nitrogen and oxygen atoms in total. The van der Waals surface area contributed by atoms with Crippen LogP contribution in [0.3, 0.4) is 0 Å². The predicted molar refractivity (Wildman–Crippen MR) is 100 cm³/mol. The number of hydrogen-bond acceptors (Lipinski definition) is 4. The maximum Gasteiger partial charge on any atom is 0.323 e. The Hall–Kier alpha value is -2.41. The minimum atomic E-state index is -1.02. The fourth-order valence-electron chi connectivity index (χ4n) is 3.37. The molecule has 0 bridgehead atoms. The normalized spacial score (nSPS) is 17.2. The van der Waals surface area contributed by atoms with Crippen molar-refractivity contribution in [3.05, 3.63) is 35.9 Å². The first kappa shape index (κ1) is 20.9. The number of carbonyl (C=O) groups excluding carboxylic acids is 2. The lowest BCUT2D eigenvalue weighted by atomic mass is 10.1. The molecule has 148 valence electrons. The van der Waals surface area contributed by atoms with Crippen LogP contribution in [0.5, 0.6) is 0 Å². The summed E-state index contributed by atoms with van der Waals surface area (Å²) in [5.41, 5.74) is 1.17. The van der Waals surface area contributed by atoms with E-state index in [9.17, 15) is 14.4 Å². The van der Waals surface area contributed by atoms with Crippen molar-refractivity contribution in [2.24, 2.45) is 0 Å². The Morgan fingerprint density at radius 1 is 1.19 bits per heavy atom. The minimum Gasteiger partial charge on any atom is -0.480 e. The first-order valence-electron chi connectivity index (χ1n) is 9.36. The van der Waals surface area contributed by atoms with Crippen molar-refractivity contribution in [2.75, 3.05) is 32.8 Å². The number of carbonyl (C=O) groups is 3. The minimum absolute atomic E-state index is 0.0447. The number of ether oxygens (including phenoxy) is 1. The SMILES string of the molecule is CC(=O)N(CC(=O)O)C1CCCN(C(=O)COCCc2ccccc2)CC1. The van der Waals surface area contributed by atoms with E-state index in [0.717, 1.165) is 12.8 Å². The van der Waals surface area contributed by atoms with Crippen molar-refractivity contribution in [3.8, 4) is 0 Å². The van der Waals surface area contributed by atoms with E-state index < -0.39 is 5.97 Å². The quantitative estimate of drug-likeness (QED) is 0.696. The van der Waals surface area contributed by atoms with Crippen molar-refractivity contribution >= 4 is 17.8 Å². The van der Waals surface area contributed by atoms with E-state index in [-0.39, 0.29) is 31.0 Å². The summed E-state index contributed by atoms with van der Waals surface area (Å²) in [6.07, 6.45) is 2.79. The van der Waals surface area contributed by atoms with Crippen LogP contribution >= 0.6 is 0 Å². The monoisotopic (exact) mass is 376 g/mol. The molecule has 1 atom stereocenters. The second-order valence-corrected chi connectivity index (χ2v) is 6.79. The van der Waals surface area contributed by atoms with Crippen molar-refractivity contribution < 1.29 is 24.2 Å². The Morgan fingerprint density at radius 3 is 2.59 bits per heavy atom. The lowest BCUT2D eigenvalue weighted by molar-refractivity contribution is -0.145. The van der Waals surface area contributed by atoms with Gasteiger partial charge >= 0.3 is 5.97 Å². The summed E-state index contributed by atoms with van der Waals surface area (Å²) >= 11 is 0. The second kappa shape index (κ2) is 10.7. The van der Waals surface area contributed by atoms with Gasteiger partial charge in [0.1, 0.15) is 13.2 Å². The highest BCUT2D eigenvalue weighted by molar-refractivity contribution is 5.80. The van der Waals surface area contributed by atoms with Crippen LogP contribution in [0.1, 0.15) is 31.7 Å². The standard InChI is InChI=1S/C20H28N2O5/c1-16(23)22(14-20(25)26)18-8-5-11-21(12-9-18)19(24)15-27-13-10-17-6-3-2-4-7-17/h2-4,6-7,18H,5,8-15H2,1H3,(H,25,26). The van der Waals surface area contributed by atoms with Gasteiger partial charge in [0.15, 0.2) is 0 Å². The van der Waals surface area contributed by atoms with E-state index in [1.54, 1.807) is 4.90 Å². The summed E-state index contributed by atoms with van der Waals surface area (Å²) < 4.78 is 5.53. The summed E-state index contributed by atoms with van der Waals surface area (Å²) in [5, 5.41) is 9.00. The molecule has 1 aliphatic heterocycles. The number of carboxylic acids is 1. The molecule has 7 heteroatoms. The van der Waals surface area contributed by atoms with Crippen LogP contribution in [0.25, 0.3) is 0 Å². The van der Waals surface area contributed by atoms with E-state index in [4.69, 9.17) is 9.84 Å². The number of carboxylic acid groups (broad SMARTS) is 1. The first-order chi connectivity index (χ1) is 13.0. The Kier molecular flexibility index (Phi) is 8.26. The molecule has 1 N–H and O–H groups in total. The molecule has 1 unspecified atom stereocenters. The highest BCUT2D eigenvalue weighted by Gasteiger charge is 2.27. The number of aliphatic carboxylic acids is 1. The van der Waals surface area contributed by atoms with Gasteiger partial charge in [-0.05, 0) is 31.2 Å². The second-order valence-electron chi connectivity index (χ2n) is 6.79. The molecule has 2 amide bonds. The zero-order valence-corrected chi connectivity index (χ0v) is 15.8. The number of hydrogen-bond donors (Lipinski definition) is 1. The van der Waals surface area contributed by atoms with Crippen LogP contribution in [-0.2, 0) is 25.5 Å². The third kappa shape index (κ3) is 7.02. The van der Waals surface area contributed by atoms with Gasteiger partial charge in [0.25, 0.3) is 0 Å². The number of nitrogens with zero attached hydrogens (tertiary/aromatic N) is 2. The predicted octanol–water partition coefficient (Wildman–Crippen LogP) is 1.56. The van der Waals surface area contributed by atoms with E-state index in [0.29, 0.717) is 32.5 Å². The summed E-state index contributed by atoms with van der Waals surface area (Å²) in [7, 11) is 0. The fourth-order valence-corrected chi connectivity index (χ4v) is 3.37. The Morgan fingerprint density at radius 2 is 1.93 bits per heavy atom. The van der Waals surface area contributed by atoms with Crippen LogP contribution in [-0.4, -0.2) is 71.6 Å². The third-order valence-electron chi connectivity index (χ3n) is 4.80. The van der Waals surface area contributed by atoms with Gasteiger partial charge in [-0.1, -0.05) is 30.3 Å². The first-order valence-corrected chi connectivity index (χ1v) is 9.36. The Labute approximate surface area is 159 Å². The van der Waals surface area contributed by atoms with Gasteiger partial charge in [-0.15, -0.1) is 0 Å². The maximum atomic E-state index is 12.4. The van der Waals surface area contributed by atoms with Crippen molar-refractivity contribution in [3.63, 3.8) is 0 Å². The number of rotatable bonds is 8. The zero-order chi connectivity index (χ0) is 19.6. The number of amides is 2. The van der Waals surface area contributed by atoms with E-state index >= 15 is 0 Å². The summed E-state index contributed by atoms with van der Waals surface area (Å²) in [5.74, 6) is -1.32. The van der Waals surface area contributed by atoms with Crippen molar-refractivity contribution in [1.29, 1.82) is 0 Å². The smallest absolute Gasteiger partial charge is 0.323 e. The van der Waals surface area contributed by atoms with Gasteiger partial charge < -0.3 is 19.6 Å². The largest absolute Gasteiger partial charge is 0.480 e. The highest BCUT2D eigenvalue weighted by Crippen LogP contribution is 2.17. The van der Waals surface area contributed by atoms with Crippen LogP contribution in [0, 0.1) is 0 Å². The molecule has 0 saturated carbocycles. The molecule has 1 aromatic carbocycles. The molecule has 1 heterocycles. The average molecular weight is 376 g/mol. The Bertz CT molecular complexity index is 635. The molecule has 2 rings (SSSR count). The lowest BCUT2D eigenvalue weighted by Crippen LogP contribution is -2.43. The molecule has 0 aromatic heterocycles. The topological polar surface area (TPSA) is 87.2 Å². The van der Waals surface area contributed by atoms with Crippen LogP contribution in [0.15, 0.2) is 30.3 Å². The van der Waals surface area contributed by atoms with Gasteiger partial charge in [0, 0.05) is 26.1 Å². The number of likely N-dealkylation sites (tertiary alicyclic amines) is 1. The van der Waals surface area contributed by atoms with Crippen LogP contribution < -0.4 is 0 Å². The molecule has 27 heavy (non-hydrogen) atoms. The van der Waals surface area contributed by atoms with Gasteiger partial charge in [-0.2, -0.15) is 0 Å². The number of benzene rings is 1. The molecule has 0 radical (unpaired) electrons. The van der Waals surface area contributed by atoms with Crippen LogP contribution in [0.2, 0.25) is 0 Å². The summed E-state index contributed by atoms with van der Waals surface area (Å²) in [4.78, 5) is 38.3. The average Bonchev–Trinajstić information content (AvgIpc) is 2.90.